The summed E-state index contributed by atoms with van der Waals surface area (Å²) >= 11 is 1.64. The van der Waals surface area contributed by atoms with E-state index in [2.05, 4.69) is 5.32 Å². The molecule has 7 heteroatoms. The smallest absolute Gasteiger partial charge is 0.338 e. The van der Waals surface area contributed by atoms with Gasteiger partial charge < -0.3 is 15.0 Å². The quantitative estimate of drug-likeness (QED) is 0.595. The SMILES string of the molecule is CCOC(=O)c1ccc(NC(=O)C2CC(=O)N(c3ccc(SC)cc3)C2)cc1. The van der Waals surface area contributed by atoms with Crippen LogP contribution in [0.2, 0.25) is 0 Å². The van der Waals surface area contributed by atoms with Crippen molar-refractivity contribution in [1.82, 2.24) is 0 Å². The number of hydrogen-bond donors (Lipinski definition) is 1. The molecule has 0 aromatic heterocycles. The first-order valence-corrected chi connectivity index (χ1v) is 10.3. The zero-order chi connectivity index (χ0) is 20.1. The molecule has 3 rings (SSSR count). The first-order chi connectivity index (χ1) is 13.5. The predicted octanol–water partition coefficient (Wildman–Crippen LogP) is 3.58. The van der Waals surface area contributed by atoms with Crippen LogP contribution in [0.5, 0.6) is 0 Å². The van der Waals surface area contributed by atoms with E-state index in [4.69, 9.17) is 4.74 Å². The van der Waals surface area contributed by atoms with Gasteiger partial charge in [-0.25, -0.2) is 4.79 Å². The summed E-state index contributed by atoms with van der Waals surface area (Å²) in [6, 6.07) is 14.2. The zero-order valence-electron chi connectivity index (χ0n) is 15.8. The van der Waals surface area contributed by atoms with E-state index in [-0.39, 0.29) is 18.2 Å². The molecule has 0 saturated carbocycles. The van der Waals surface area contributed by atoms with E-state index in [9.17, 15) is 14.4 Å². The van der Waals surface area contributed by atoms with Gasteiger partial charge in [-0.2, -0.15) is 0 Å². The summed E-state index contributed by atoms with van der Waals surface area (Å²) < 4.78 is 4.94. The third-order valence-corrected chi connectivity index (χ3v) is 5.29. The minimum atomic E-state index is -0.419. The van der Waals surface area contributed by atoms with Crippen molar-refractivity contribution in [3.63, 3.8) is 0 Å². The van der Waals surface area contributed by atoms with Gasteiger partial charge in [-0.15, -0.1) is 11.8 Å². The van der Waals surface area contributed by atoms with Gasteiger partial charge in [0.05, 0.1) is 18.1 Å². The lowest BCUT2D eigenvalue weighted by Gasteiger charge is -2.17. The number of amides is 2. The van der Waals surface area contributed by atoms with Gasteiger partial charge in [0.1, 0.15) is 0 Å². The highest BCUT2D eigenvalue weighted by molar-refractivity contribution is 7.98. The van der Waals surface area contributed by atoms with Crippen molar-refractivity contribution in [3.8, 4) is 0 Å². The van der Waals surface area contributed by atoms with Gasteiger partial charge in [0.2, 0.25) is 11.8 Å². The summed E-state index contributed by atoms with van der Waals surface area (Å²) in [6.07, 6.45) is 2.17. The van der Waals surface area contributed by atoms with Crippen molar-refractivity contribution in [2.24, 2.45) is 5.92 Å². The van der Waals surface area contributed by atoms with E-state index in [1.54, 1.807) is 47.9 Å². The topological polar surface area (TPSA) is 75.7 Å². The maximum Gasteiger partial charge on any atom is 0.338 e. The van der Waals surface area contributed by atoms with Crippen LogP contribution in [-0.2, 0) is 14.3 Å². The molecule has 1 unspecified atom stereocenters. The number of hydrogen-bond acceptors (Lipinski definition) is 5. The first kappa shape index (κ1) is 19.9. The molecular formula is C21H22N2O4S. The zero-order valence-corrected chi connectivity index (χ0v) is 16.6. The summed E-state index contributed by atoms with van der Waals surface area (Å²) in [5.41, 5.74) is 1.81. The molecule has 0 bridgehead atoms. The second-order valence-corrected chi connectivity index (χ2v) is 7.27. The average Bonchev–Trinajstić information content (AvgIpc) is 3.10. The molecule has 0 aliphatic carbocycles. The number of nitrogens with one attached hydrogen (secondary N) is 1. The van der Waals surface area contributed by atoms with Crippen LogP contribution in [0.15, 0.2) is 53.4 Å². The monoisotopic (exact) mass is 398 g/mol. The highest BCUT2D eigenvalue weighted by Crippen LogP contribution is 2.28. The lowest BCUT2D eigenvalue weighted by Crippen LogP contribution is -2.28. The van der Waals surface area contributed by atoms with Gasteiger partial charge in [0, 0.05) is 29.2 Å². The molecular weight excluding hydrogens is 376 g/mol. The third kappa shape index (κ3) is 4.54. The maximum atomic E-state index is 12.6. The normalized spacial score (nSPS) is 16.1. The Balaban J connectivity index is 1.62. The van der Waals surface area contributed by atoms with E-state index in [0.29, 0.717) is 24.4 Å². The molecule has 1 heterocycles. The molecule has 0 spiro atoms. The Morgan fingerprint density at radius 1 is 1.14 bits per heavy atom. The van der Waals surface area contributed by atoms with Gasteiger partial charge in [-0.1, -0.05) is 0 Å². The molecule has 2 amide bonds. The van der Waals surface area contributed by atoms with Crippen molar-refractivity contribution in [2.75, 3.05) is 29.6 Å². The van der Waals surface area contributed by atoms with Gasteiger partial charge in [-0.05, 0) is 61.7 Å². The highest BCUT2D eigenvalue weighted by Gasteiger charge is 2.35. The number of ether oxygens (including phenoxy) is 1. The van der Waals surface area contributed by atoms with Gasteiger partial charge in [0.15, 0.2) is 0 Å². The lowest BCUT2D eigenvalue weighted by molar-refractivity contribution is -0.122. The molecule has 146 valence electrons. The van der Waals surface area contributed by atoms with Crippen LogP contribution in [-0.4, -0.2) is 37.2 Å². The van der Waals surface area contributed by atoms with Gasteiger partial charge in [-0.3, -0.25) is 9.59 Å². The van der Waals surface area contributed by atoms with Crippen molar-refractivity contribution in [1.29, 1.82) is 0 Å². The van der Waals surface area contributed by atoms with Crippen molar-refractivity contribution in [2.45, 2.75) is 18.2 Å². The van der Waals surface area contributed by atoms with Crippen molar-refractivity contribution in [3.05, 3.63) is 54.1 Å². The fraction of sp³-hybridized carbons (Fsp3) is 0.286. The summed E-state index contributed by atoms with van der Waals surface area (Å²) in [6.45, 7) is 2.41. The molecule has 1 aliphatic rings. The summed E-state index contributed by atoms with van der Waals surface area (Å²) in [7, 11) is 0. The van der Waals surface area contributed by atoms with Crippen LogP contribution in [0.4, 0.5) is 11.4 Å². The van der Waals surface area contributed by atoms with E-state index >= 15 is 0 Å². The van der Waals surface area contributed by atoms with E-state index in [0.717, 1.165) is 10.6 Å². The minimum Gasteiger partial charge on any atom is -0.462 e. The number of carbonyl (C=O) groups is 3. The number of benzene rings is 2. The van der Waals surface area contributed by atoms with Crippen molar-refractivity contribution < 1.29 is 19.1 Å². The number of anilines is 2. The molecule has 1 aliphatic heterocycles. The standard InChI is InChI=1S/C21H22N2O4S/c1-3-27-21(26)14-4-6-16(7-5-14)22-20(25)15-12-19(24)23(13-15)17-8-10-18(28-2)11-9-17/h4-11,15H,3,12-13H2,1-2H3,(H,22,25). The molecule has 1 atom stereocenters. The Kier molecular flexibility index (Phi) is 6.36. The summed E-state index contributed by atoms with van der Waals surface area (Å²) in [5.74, 6) is -1.09. The molecule has 1 fully saturated rings. The molecule has 2 aromatic rings. The fourth-order valence-corrected chi connectivity index (χ4v) is 3.45. The van der Waals surface area contributed by atoms with Crippen molar-refractivity contribution >= 4 is 40.9 Å². The van der Waals surface area contributed by atoms with E-state index in [1.807, 2.05) is 30.5 Å². The summed E-state index contributed by atoms with van der Waals surface area (Å²) in [5, 5.41) is 2.82. The molecule has 28 heavy (non-hydrogen) atoms. The second kappa shape index (κ2) is 8.93. The number of nitrogens with zero attached hydrogens (tertiary/aromatic N) is 1. The second-order valence-electron chi connectivity index (χ2n) is 6.39. The Labute approximate surface area is 168 Å². The molecule has 0 radical (unpaired) electrons. The molecule has 1 N–H and O–H groups in total. The number of esters is 1. The third-order valence-electron chi connectivity index (χ3n) is 4.54. The van der Waals surface area contributed by atoms with E-state index in [1.165, 1.54) is 0 Å². The summed E-state index contributed by atoms with van der Waals surface area (Å²) in [4.78, 5) is 39.4. The molecule has 1 saturated heterocycles. The molecule has 2 aromatic carbocycles. The van der Waals surface area contributed by atoms with Crippen LogP contribution >= 0.6 is 11.8 Å². The Hall–Kier alpha value is -2.80. The Bertz CT molecular complexity index is 865. The highest BCUT2D eigenvalue weighted by atomic mass is 32.2. The number of thioether (sulfide) groups is 1. The van der Waals surface area contributed by atoms with Crippen LogP contribution in [0.25, 0.3) is 0 Å². The fourth-order valence-electron chi connectivity index (χ4n) is 3.04. The average molecular weight is 398 g/mol. The maximum absolute atomic E-state index is 12.6. The van der Waals surface area contributed by atoms with Crippen LogP contribution in [0, 0.1) is 5.92 Å². The van der Waals surface area contributed by atoms with Crippen LogP contribution in [0.3, 0.4) is 0 Å². The predicted molar refractivity (Wildman–Crippen MR) is 110 cm³/mol. The van der Waals surface area contributed by atoms with Gasteiger partial charge in [0.25, 0.3) is 0 Å². The molecule has 6 nitrogen and oxygen atoms in total. The number of carbonyl (C=O) groups excluding carboxylic acids is 3. The Morgan fingerprint density at radius 3 is 2.43 bits per heavy atom. The Morgan fingerprint density at radius 2 is 1.82 bits per heavy atom. The first-order valence-electron chi connectivity index (χ1n) is 9.04. The largest absolute Gasteiger partial charge is 0.462 e. The van der Waals surface area contributed by atoms with Crippen LogP contribution in [0.1, 0.15) is 23.7 Å². The van der Waals surface area contributed by atoms with Gasteiger partial charge >= 0.3 is 5.97 Å². The van der Waals surface area contributed by atoms with E-state index < -0.39 is 11.9 Å². The van der Waals surface area contributed by atoms with Crippen LogP contribution < -0.4 is 10.2 Å². The lowest BCUT2D eigenvalue weighted by atomic mass is 10.1. The number of rotatable bonds is 6. The minimum absolute atomic E-state index is 0.0605.